The van der Waals surface area contributed by atoms with Gasteiger partial charge in [-0.05, 0) is 29.8 Å². The summed E-state index contributed by atoms with van der Waals surface area (Å²) >= 11 is 0. The molecule has 1 heterocycles. The van der Waals surface area contributed by atoms with E-state index in [9.17, 15) is 14.7 Å². The Hall–Kier alpha value is -3.24. The molecule has 0 saturated heterocycles. The number of amides is 1. The van der Waals surface area contributed by atoms with E-state index in [1.54, 1.807) is 48.5 Å². The van der Waals surface area contributed by atoms with Gasteiger partial charge < -0.3 is 5.11 Å². The molecule has 0 radical (unpaired) electrons. The minimum Gasteiger partial charge on any atom is -0.373 e. The van der Waals surface area contributed by atoms with Gasteiger partial charge in [0, 0.05) is 17.7 Å². The second kappa shape index (κ2) is 6.24. The van der Waals surface area contributed by atoms with Gasteiger partial charge in [0.15, 0.2) is 0 Å². The van der Waals surface area contributed by atoms with E-state index in [-0.39, 0.29) is 6.42 Å². The number of fused-ring (bicyclic) bond motifs is 1. The van der Waals surface area contributed by atoms with Crippen LogP contribution in [0.15, 0.2) is 84.9 Å². The number of carbonyl (C=O) groups is 2. The lowest BCUT2D eigenvalue weighted by Gasteiger charge is -2.38. The first-order valence-corrected chi connectivity index (χ1v) is 8.41. The van der Waals surface area contributed by atoms with E-state index in [0.29, 0.717) is 16.9 Å². The van der Waals surface area contributed by atoms with Crippen molar-refractivity contribution in [3.63, 3.8) is 0 Å². The molecule has 1 amide bonds. The fourth-order valence-electron chi connectivity index (χ4n) is 3.36. The van der Waals surface area contributed by atoms with E-state index >= 15 is 0 Å². The lowest BCUT2D eigenvalue weighted by Crippen LogP contribution is -2.58. The van der Waals surface area contributed by atoms with Crippen LogP contribution in [-0.2, 0) is 11.2 Å². The van der Waals surface area contributed by atoms with Gasteiger partial charge >= 0.3 is 0 Å². The number of hydrogen-bond acceptors (Lipinski definition) is 3. The maximum atomic E-state index is 13.3. The number of aliphatic hydroxyl groups is 1. The van der Waals surface area contributed by atoms with Gasteiger partial charge in [0.2, 0.25) is 11.4 Å². The van der Waals surface area contributed by atoms with Crippen molar-refractivity contribution in [2.75, 3.05) is 4.90 Å². The molecule has 4 heteroatoms. The maximum Gasteiger partial charge on any atom is 0.272 e. The molecule has 4 rings (SSSR count). The maximum absolute atomic E-state index is 13.3. The Balaban J connectivity index is 1.87. The van der Waals surface area contributed by atoms with Crippen LogP contribution >= 0.6 is 0 Å². The monoisotopic (exact) mass is 343 g/mol. The highest BCUT2D eigenvalue weighted by Crippen LogP contribution is 2.39. The largest absolute Gasteiger partial charge is 0.373 e. The summed E-state index contributed by atoms with van der Waals surface area (Å²) in [4.78, 5) is 27.7. The zero-order valence-corrected chi connectivity index (χ0v) is 14.0. The molecule has 3 aromatic carbocycles. The number of benzene rings is 3. The highest BCUT2D eigenvalue weighted by molar-refractivity contribution is 6.29. The number of ketones is 1. The van der Waals surface area contributed by atoms with Crippen LogP contribution in [0.25, 0.3) is 0 Å². The number of rotatable bonds is 3. The van der Waals surface area contributed by atoms with Gasteiger partial charge in [0.1, 0.15) is 0 Å². The van der Waals surface area contributed by atoms with Crippen molar-refractivity contribution in [3.05, 3.63) is 96.1 Å². The average molecular weight is 343 g/mol. The topological polar surface area (TPSA) is 57.6 Å². The molecule has 1 aliphatic rings. The van der Waals surface area contributed by atoms with Crippen LogP contribution in [0.1, 0.15) is 15.9 Å². The standard InChI is InChI=1S/C22H17NO3/c24-20-18-13-7-8-14-19(18)23(17-11-5-2-6-12-17)21(25)22(20,26)15-16-9-3-1-4-10-16/h1-14,26H,15H2. The molecule has 1 atom stereocenters. The molecule has 0 bridgehead atoms. The third kappa shape index (κ3) is 2.52. The fourth-order valence-corrected chi connectivity index (χ4v) is 3.36. The van der Waals surface area contributed by atoms with Gasteiger partial charge in [-0.1, -0.05) is 60.7 Å². The summed E-state index contributed by atoms with van der Waals surface area (Å²) in [7, 11) is 0. The van der Waals surface area contributed by atoms with Gasteiger partial charge in [-0.15, -0.1) is 0 Å². The average Bonchev–Trinajstić information content (AvgIpc) is 2.68. The minimum absolute atomic E-state index is 0.0663. The Bertz CT molecular complexity index is 969. The number of Topliss-reactive ketones (excluding diaryl/α,β-unsaturated/α-hetero) is 1. The van der Waals surface area contributed by atoms with Crippen molar-refractivity contribution < 1.29 is 14.7 Å². The zero-order valence-electron chi connectivity index (χ0n) is 14.0. The van der Waals surface area contributed by atoms with Crippen molar-refractivity contribution in [1.82, 2.24) is 0 Å². The summed E-state index contributed by atoms with van der Waals surface area (Å²) < 4.78 is 0. The summed E-state index contributed by atoms with van der Waals surface area (Å²) in [6.07, 6.45) is -0.0663. The van der Waals surface area contributed by atoms with Gasteiger partial charge in [-0.25, -0.2) is 0 Å². The molecule has 1 unspecified atom stereocenters. The molecule has 1 aliphatic heterocycles. The van der Waals surface area contributed by atoms with Crippen molar-refractivity contribution in [1.29, 1.82) is 0 Å². The van der Waals surface area contributed by atoms with Crippen molar-refractivity contribution in [2.24, 2.45) is 0 Å². The van der Waals surface area contributed by atoms with Crippen LogP contribution in [0.3, 0.4) is 0 Å². The zero-order chi connectivity index (χ0) is 18.1. The van der Waals surface area contributed by atoms with Crippen molar-refractivity contribution in [3.8, 4) is 0 Å². The van der Waals surface area contributed by atoms with E-state index in [0.717, 1.165) is 5.56 Å². The molecular weight excluding hydrogens is 326 g/mol. The van der Waals surface area contributed by atoms with Gasteiger partial charge in [0.05, 0.1) is 5.69 Å². The van der Waals surface area contributed by atoms with Crippen LogP contribution in [0.5, 0.6) is 0 Å². The summed E-state index contributed by atoms with van der Waals surface area (Å²) in [5.74, 6) is -1.19. The SMILES string of the molecule is O=C1c2ccccc2N(c2ccccc2)C(=O)C1(O)Cc1ccccc1. The predicted octanol–water partition coefficient (Wildman–Crippen LogP) is 3.52. The summed E-state index contributed by atoms with van der Waals surface area (Å²) in [5.41, 5.74) is 0.0415. The first-order chi connectivity index (χ1) is 12.6. The molecule has 4 nitrogen and oxygen atoms in total. The highest BCUT2D eigenvalue weighted by Gasteiger charge is 2.52. The lowest BCUT2D eigenvalue weighted by atomic mass is 9.81. The third-order valence-corrected chi connectivity index (χ3v) is 4.64. The Morgan fingerprint density at radius 3 is 2.04 bits per heavy atom. The third-order valence-electron chi connectivity index (χ3n) is 4.64. The van der Waals surface area contributed by atoms with Crippen LogP contribution in [0.4, 0.5) is 11.4 Å². The van der Waals surface area contributed by atoms with Crippen LogP contribution in [0.2, 0.25) is 0 Å². The van der Waals surface area contributed by atoms with Crippen LogP contribution in [0, 0.1) is 0 Å². The normalized spacial score (nSPS) is 19.3. The lowest BCUT2D eigenvalue weighted by molar-refractivity contribution is -0.132. The van der Waals surface area contributed by atoms with E-state index < -0.39 is 17.3 Å². The highest BCUT2D eigenvalue weighted by atomic mass is 16.3. The van der Waals surface area contributed by atoms with Gasteiger partial charge in [0.25, 0.3) is 5.91 Å². The molecule has 0 spiro atoms. The number of nitrogens with zero attached hydrogens (tertiary/aromatic N) is 1. The van der Waals surface area contributed by atoms with Crippen LogP contribution in [-0.4, -0.2) is 22.4 Å². The molecule has 0 saturated carbocycles. The number of hydrogen-bond donors (Lipinski definition) is 1. The molecule has 1 N–H and O–H groups in total. The number of para-hydroxylation sites is 2. The molecule has 3 aromatic rings. The van der Waals surface area contributed by atoms with Gasteiger partial charge in [-0.2, -0.15) is 0 Å². The minimum atomic E-state index is -2.13. The Morgan fingerprint density at radius 2 is 1.35 bits per heavy atom. The molecule has 0 aliphatic carbocycles. The van der Waals surface area contributed by atoms with Crippen molar-refractivity contribution in [2.45, 2.75) is 12.0 Å². The second-order valence-electron chi connectivity index (χ2n) is 6.35. The number of anilines is 2. The Morgan fingerprint density at radius 1 is 0.769 bits per heavy atom. The quantitative estimate of drug-likeness (QED) is 0.740. The molecule has 0 aromatic heterocycles. The molecule has 0 fully saturated rings. The summed E-state index contributed by atoms with van der Waals surface area (Å²) in [5, 5.41) is 11.2. The van der Waals surface area contributed by atoms with E-state index in [2.05, 4.69) is 0 Å². The Labute approximate surface area is 151 Å². The van der Waals surface area contributed by atoms with E-state index in [1.807, 2.05) is 36.4 Å². The fraction of sp³-hybridized carbons (Fsp3) is 0.0909. The first kappa shape index (κ1) is 16.2. The van der Waals surface area contributed by atoms with E-state index in [4.69, 9.17) is 0 Å². The molecule has 128 valence electrons. The second-order valence-corrected chi connectivity index (χ2v) is 6.35. The number of carbonyl (C=O) groups excluding carboxylic acids is 2. The Kier molecular flexibility index (Phi) is 3.90. The molecule has 26 heavy (non-hydrogen) atoms. The summed E-state index contributed by atoms with van der Waals surface area (Å²) in [6.45, 7) is 0. The predicted molar refractivity (Wildman–Crippen MR) is 99.5 cm³/mol. The summed E-state index contributed by atoms with van der Waals surface area (Å²) in [6, 6.07) is 25.0. The van der Waals surface area contributed by atoms with Crippen molar-refractivity contribution >= 4 is 23.1 Å². The van der Waals surface area contributed by atoms with Gasteiger partial charge in [-0.3, -0.25) is 14.5 Å². The van der Waals surface area contributed by atoms with Crippen LogP contribution < -0.4 is 4.90 Å². The van der Waals surface area contributed by atoms with E-state index in [1.165, 1.54) is 4.90 Å². The molecular formula is C22H17NO3. The first-order valence-electron chi connectivity index (χ1n) is 8.41. The smallest absolute Gasteiger partial charge is 0.272 e.